The molecule has 9 nitrogen and oxygen atoms in total. The second-order valence-corrected chi connectivity index (χ2v) is 10.7. The number of hydrogen-bond donors (Lipinski definition) is 1. The molecule has 0 bridgehead atoms. The second kappa shape index (κ2) is 10.7. The van der Waals surface area contributed by atoms with Gasteiger partial charge in [0, 0.05) is 42.5 Å². The van der Waals surface area contributed by atoms with Crippen LogP contribution in [0.15, 0.2) is 77.4 Å². The van der Waals surface area contributed by atoms with Gasteiger partial charge in [-0.2, -0.15) is 0 Å². The number of fused-ring (bicyclic) bond motifs is 4. The molecule has 3 aromatic heterocycles. The number of ether oxygens (including phenoxy) is 2. The Labute approximate surface area is 233 Å². The van der Waals surface area contributed by atoms with Crippen molar-refractivity contribution in [2.24, 2.45) is 0 Å². The normalized spacial score (nSPS) is 14.3. The van der Waals surface area contributed by atoms with Crippen LogP contribution in [0, 0.1) is 0 Å². The van der Waals surface area contributed by atoms with E-state index >= 15 is 0 Å². The van der Waals surface area contributed by atoms with E-state index in [0.29, 0.717) is 23.6 Å². The molecule has 0 atom stereocenters. The molecule has 0 spiro atoms. The van der Waals surface area contributed by atoms with Gasteiger partial charge in [0.2, 0.25) is 5.91 Å². The SMILES string of the molecule is O=C(Cc1noc2ccccc12)Nc1ccc(-c2cn3c(n2)sc2cc(OCCN4CCOCC4)ccc23)cc1. The molecule has 6 aromatic rings. The van der Waals surface area contributed by atoms with E-state index in [-0.39, 0.29) is 12.3 Å². The van der Waals surface area contributed by atoms with Crippen LogP contribution in [-0.4, -0.2) is 64.8 Å². The molecule has 10 heteroatoms. The average molecular weight is 554 g/mol. The molecule has 0 saturated carbocycles. The van der Waals surface area contributed by atoms with Crippen molar-refractivity contribution in [3.05, 3.63) is 78.6 Å². The maximum absolute atomic E-state index is 12.6. The predicted octanol–water partition coefficient (Wildman–Crippen LogP) is 5.25. The maximum Gasteiger partial charge on any atom is 0.230 e. The van der Waals surface area contributed by atoms with Gasteiger partial charge in [0.05, 0.1) is 35.5 Å². The number of para-hydroxylation sites is 1. The molecular formula is C30H27N5O4S. The van der Waals surface area contributed by atoms with Gasteiger partial charge in [-0.05, 0) is 42.5 Å². The molecule has 1 aliphatic rings. The van der Waals surface area contributed by atoms with Gasteiger partial charge in [0.15, 0.2) is 10.5 Å². The van der Waals surface area contributed by atoms with Crippen molar-refractivity contribution in [3.63, 3.8) is 0 Å². The first-order valence-corrected chi connectivity index (χ1v) is 14.1. The van der Waals surface area contributed by atoms with Gasteiger partial charge < -0.3 is 19.3 Å². The Morgan fingerprint density at radius 1 is 1.05 bits per heavy atom. The lowest BCUT2D eigenvalue weighted by atomic mass is 10.1. The molecule has 1 fully saturated rings. The summed E-state index contributed by atoms with van der Waals surface area (Å²) in [4.78, 5) is 20.8. The number of carbonyl (C=O) groups excluding carboxylic acids is 1. The molecule has 1 saturated heterocycles. The summed E-state index contributed by atoms with van der Waals surface area (Å²) in [6, 6.07) is 21.4. The van der Waals surface area contributed by atoms with E-state index in [4.69, 9.17) is 19.0 Å². The Kier molecular flexibility index (Phi) is 6.64. The van der Waals surface area contributed by atoms with Crippen LogP contribution in [0.3, 0.4) is 0 Å². The molecule has 202 valence electrons. The third kappa shape index (κ3) is 5.04. The lowest BCUT2D eigenvalue weighted by Crippen LogP contribution is -2.38. The molecule has 0 aliphatic carbocycles. The average Bonchev–Trinajstić information content (AvgIpc) is 3.67. The van der Waals surface area contributed by atoms with Crippen LogP contribution in [0.2, 0.25) is 0 Å². The molecule has 1 aliphatic heterocycles. The summed E-state index contributed by atoms with van der Waals surface area (Å²) in [6.45, 7) is 5.08. The van der Waals surface area contributed by atoms with E-state index in [1.54, 1.807) is 11.3 Å². The fraction of sp³-hybridized carbons (Fsp3) is 0.233. The largest absolute Gasteiger partial charge is 0.492 e. The van der Waals surface area contributed by atoms with Crippen LogP contribution >= 0.6 is 11.3 Å². The van der Waals surface area contributed by atoms with E-state index in [2.05, 4.69) is 38.1 Å². The highest BCUT2D eigenvalue weighted by Gasteiger charge is 2.14. The zero-order valence-electron chi connectivity index (χ0n) is 21.7. The standard InChI is InChI=1S/C30H27N5O4S/c36-29(18-24-23-3-1-2-4-27(23)39-33-24)31-21-7-5-20(6-8-21)25-19-35-26-10-9-22(17-28(26)40-30(35)32-25)38-16-13-34-11-14-37-15-12-34/h1-10,17,19H,11-16,18H2,(H,31,36). The summed E-state index contributed by atoms with van der Waals surface area (Å²) in [7, 11) is 0. The number of carbonyl (C=O) groups is 1. The van der Waals surface area contributed by atoms with Gasteiger partial charge >= 0.3 is 0 Å². The highest BCUT2D eigenvalue weighted by molar-refractivity contribution is 7.23. The maximum atomic E-state index is 12.6. The van der Waals surface area contributed by atoms with E-state index in [9.17, 15) is 4.79 Å². The number of thiazole rings is 1. The third-order valence-corrected chi connectivity index (χ3v) is 8.11. The first-order chi connectivity index (χ1) is 19.7. The Morgan fingerprint density at radius 3 is 2.77 bits per heavy atom. The van der Waals surface area contributed by atoms with Gasteiger partial charge in [0.25, 0.3) is 0 Å². The van der Waals surface area contributed by atoms with Gasteiger partial charge in [-0.15, -0.1) is 0 Å². The molecule has 1 N–H and O–H groups in total. The smallest absolute Gasteiger partial charge is 0.230 e. The third-order valence-electron chi connectivity index (χ3n) is 7.09. The molecule has 3 aromatic carbocycles. The second-order valence-electron chi connectivity index (χ2n) is 9.74. The zero-order chi connectivity index (χ0) is 26.9. The predicted molar refractivity (Wildman–Crippen MR) is 155 cm³/mol. The van der Waals surface area contributed by atoms with Crippen LogP contribution in [0.1, 0.15) is 5.69 Å². The minimum atomic E-state index is -0.148. The number of anilines is 1. The van der Waals surface area contributed by atoms with Gasteiger partial charge in [-0.1, -0.05) is 40.8 Å². The van der Waals surface area contributed by atoms with Crippen molar-refractivity contribution in [2.45, 2.75) is 6.42 Å². The highest BCUT2D eigenvalue weighted by atomic mass is 32.1. The summed E-state index contributed by atoms with van der Waals surface area (Å²) in [5.41, 5.74) is 4.98. The van der Waals surface area contributed by atoms with Crippen LogP contribution in [0.4, 0.5) is 5.69 Å². The molecule has 0 unspecified atom stereocenters. The fourth-order valence-corrected chi connectivity index (χ4v) is 6.01. The van der Waals surface area contributed by atoms with Crippen LogP contribution in [-0.2, 0) is 16.0 Å². The van der Waals surface area contributed by atoms with E-state index in [1.165, 1.54) is 0 Å². The molecular weight excluding hydrogens is 526 g/mol. The number of amides is 1. The minimum Gasteiger partial charge on any atom is -0.492 e. The van der Waals surface area contributed by atoms with Crippen molar-refractivity contribution >= 4 is 49.1 Å². The van der Waals surface area contributed by atoms with Crippen molar-refractivity contribution in [2.75, 3.05) is 44.8 Å². The lowest BCUT2D eigenvalue weighted by Gasteiger charge is -2.26. The zero-order valence-corrected chi connectivity index (χ0v) is 22.5. The number of nitrogens with one attached hydrogen (secondary N) is 1. The van der Waals surface area contributed by atoms with Crippen LogP contribution < -0.4 is 10.1 Å². The molecule has 4 heterocycles. The highest BCUT2D eigenvalue weighted by Crippen LogP contribution is 2.32. The molecule has 1 amide bonds. The Balaban J connectivity index is 1.00. The lowest BCUT2D eigenvalue weighted by molar-refractivity contribution is -0.115. The number of aromatic nitrogens is 3. The summed E-state index contributed by atoms with van der Waals surface area (Å²) in [5.74, 6) is 0.727. The van der Waals surface area contributed by atoms with Gasteiger partial charge in [-0.3, -0.25) is 14.1 Å². The Morgan fingerprint density at radius 2 is 1.90 bits per heavy atom. The molecule has 40 heavy (non-hydrogen) atoms. The number of imidazole rings is 1. The summed E-state index contributed by atoms with van der Waals surface area (Å²) in [6.07, 6.45) is 2.19. The molecule has 7 rings (SSSR count). The summed E-state index contributed by atoms with van der Waals surface area (Å²) in [5, 5.41) is 7.84. The summed E-state index contributed by atoms with van der Waals surface area (Å²) >= 11 is 1.64. The topological polar surface area (TPSA) is 94.1 Å². The molecule has 0 radical (unpaired) electrons. The number of nitrogens with zero attached hydrogens (tertiary/aromatic N) is 4. The van der Waals surface area contributed by atoms with E-state index in [1.807, 2.05) is 54.6 Å². The van der Waals surface area contributed by atoms with Gasteiger partial charge in [-0.25, -0.2) is 4.98 Å². The monoisotopic (exact) mass is 553 g/mol. The van der Waals surface area contributed by atoms with Gasteiger partial charge in [0.1, 0.15) is 18.1 Å². The first-order valence-electron chi connectivity index (χ1n) is 13.3. The number of morpholine rings is 1. The van der Waals surface area contributed by atoms with Crippen molar-refractivity contribution in [3.8, 4) is 17.0 Å². The number of hydrogen-bond acceptors (Lipinski definition) is 8. The number of rotatable bonds is 8. The number of benzene rings is 3. The Bertz CT molecular complexity index is 1800. The van der Waals surface area contributed by atoms with Crippen molar-refractivity contribution in [1.29, 1.82) is 0 Å². The summed E-state index contributed by atoms with van der Waals surface area (Å²) < 4.78 is 20.0. The van der Waals surface area contributed by atoms with E-state index in [0.717, 1.165) is 70.4 Å². The minimum absolute atomic E-state index is 0.143. The quantitative estimate of drug-likeness (QED) is 0.275. The Hall–Kier alpha value is -4.25. The fourth-order valence-electron chi connectivity index (χ4n) is 4.97. The van der Waals surface area contributed by atoms with Crippen molar-refractivity contribution < 1.29 is 18.8 Å². The van der Waals surface area contributed by atoms with E-state index < -0.39 is 0 Å². The van der Waals surface area contributed by atoms with Crippen LogP contribution in [0.5, 0.6) is 5.75 Å². The van der Waals surface area contributed by atoms with Crippen molar-refractivity contribution in [1.82, 2.24) is 19.4 Å². The van der Waals surface area contributed by atoms with Crippen LogP contribution in [0.25, 0.3) is 37.4 Å². The first kappa shape index (κ1) is 24.8.